The van der Waals surface area contributed by atoms with Crippen molar-refractivity contribution < 1.29 is 26.4 Å². The van der Waals surface area contributed by atoms with Gasteiger partial charge in [-0.1, -0.05) is 19.3 Å². The van der Waals surface area contributed by atoms with Crippen LogP contribution in [0.3, 0.4) is 0 Å². The van der Waals surface area contributed by atoms with Crippen molar-refractivity contribution in [3.8, 4) is 0 Å². The molecule has 0 radical (unpaired) electrons. The molecule has 0 spiro atoms. The molecule has 1 aliphatic carbocycles. The second kappa shape index (κ2) is 7.85. The average Bonchev–Trinajstić information content (AvgIpc) is 2.43. The van der Waals surface area contributed by atoms with E-state index in [1.807, 2.05) is 0 Å². The summed E-state index contributed by atoms with van der Waals surface area (Å²) in [6.07, 6.45) is -0.638. The highest BCUT2D eigenvalue weighted by Gasteiger charge is 2.41. The summed E-state index contributed by atoms with van der Waals surface area (Å²) in [6.45, 7) is 2.94. The number of carbonyl (C=O) groups is 1. The van der Waals surface area contributed by atoms with Crippen molar-refractivity contribution in [2.24, 2.45) is 5.92 Å². The Morgan fingerprint density at radius 3 is 2.22 bits per heavy atom. The van der Waals surface area contributed by atoms with E-state index in [2.05, 4.69) is 5.32 Å². The quantitative estimate of drug-likeness (QED) is 0.761. The molecule has 0 atom stereocenters. The van der Waals surface area contributed by atoms with Gasteiger partial charge in [-0.25, -0.2) is 8.42 Å². The molecule has 1 amide bonds. The van der Waals surface area contributed by atoms with Gasteiger partial charge >= 0.3 is 6.18 Å². The van der Waals surface area contributed by atoms with Crippen LogP contribution in [0.4, 0.5) is 13.2 Å². The molecule has 0 bridgehead atoms. The lowest BCUT2D eigenvalue weighted by atomic mass is 9.89. The molecular formula is C15H26F3NO3S. The highest BCUT2D eigenvalue weighted by molar-refractivity contribution is 7.93. The Labute approximate surface area is 136 Å². The third-order valence-corrected chi connectivity index (χ3v) is 7.04. The summed E-state index contributed by atoms with van der Waals surface area (Å²) in [4.78, 5) is 12.2. The maximum Gasteiger partial charge on any atom is 0.389 e. The molecule has 1 N–H and O–H groups in total. The predicted octanol–water partition coefficient (Wildman–Crippen LogP) is 3.22. The van der Waals surface area contributed by atoms with Gasteiger partial charge in [-0.05, 0) is 39.0 Å². The van der Waals surface area contributed by atoms with Crippen LogP contribution in [0.2, 0.25) is 0 Å². The van der Waals surface area contributed by atoms with E-state index in [1.165, 1.54) is 20.3 Å². The van der Waals surface area contributed by atoms with Gasteiger partial charge in [0.15, 0.2) is 9.84 Å². The predicted molar refractivity (Wildman–Crippen MR) is 82.7 cm³/mol. The molecule has 0 aromatic carbocycles. The van der Waals surface area contributed by atoms with E-state index < -0.39 is 45.3 Å². The van der Waals surface area contributed by atoms with Crippen LogP contribution in [0.15, 0.2) is 0 Å². The lowest BCUT2D eigenvalue weighted by Gasteiger charge is -2.27. The van der Waals surface area contributed by atoms with Crippen LogP contribution in [-0.2, 0) is 14.6 Å². The molecule has 1 rings (SSSR count). The molecule has 1 saturated carbocycles. The minimum absolute atomic E-state index is 0.358. The van der Waals surface area contributed by atoms with E-state index in [-0.39, 0.29) is 0 Å². The molecule has 0 unspecified atom stereocenters. The van der Waals surface area contributed by atoms with E-state index in [0.717, 1.165) is 25.7 Å². The zero-order valence-electron chi connectivity index (χ0n) is 13.7. The average molecular weight is 357 g/mol. The first-order valence-electron chi connectivity index (χ1n) is 8.03. The van der Waals surface area contributed by atoms with Crippen molar-refractivity contribution in [2.75, 3.05) is 12.3 Å². The number of hydrogen-bond donors (Lipinski definition) is 1. The first-order valence-corrected chi connectivity index (χ1v) is 9.68. The molecule has 0 aromatic rings. The number of amides is 1. The zero-order chi connectivity index (χ0) is 17.7. The summed E-state index contributed by atoms with van der Waals surface area (Å²) in [5.41, 5.74) is 0. The van der Waals surface area contributed by atoms with Crippen LogP contribution < -0.4 is 5.32 Å². The molecule has 0 aliphatic heterocycles. The molecule has 8 heteroatoms. The largest absolute Gasteiger partial charge is 0.389 e. The summed E-state index contributed by atoms with van der Waals surface area (Å²) in [6, 6.07) is 0. The highest BCUT2D eigenvalue weighted by atomic mass is 32.2. The van der Waals surface area contributed by atoms with Crippen LogP contribution in [0, 0.1) is 5.92 Å². The summed E-state index contributed by atoms with van der Waals surface area (Å²) < 4.78 is 59.1. The molecule has 1 fully saturated rings. The van der Waals surface area contributed by atoms with Gasteiger partial charge < -0.3 is 5.32 Å². The Hall–Kier alpha value is -0.790. The fourth-order valence-corrected chi connectivity index (χ4v) is 4.09. The topological polar surface area (TPSA) is 63.2 Å². The fourth-order valence-electron chi connectivity index (χ4n) is 2.70. The third kappa shape index (κ3) is 6.31. The van der Waals surface area contributed by atoms with Crippen molar-refractivity contribution in [2.45, 2.75) is 69.7 Å². The van der Waals surface area contributed by atoms with E-state index in [9.17, 15) is 26.4 Å². The van der Waals surface area contributed by atoms with Crippen molar-refractivity contribution in [1.29, 1.82) is 0 Å². The number of alkyl halides is 3. The molecule has 136 valence electrons. The zero-order valence-corrected chi connectivity index (χ0v) is 14.5. The minimum Gasteiger partial charge on any atom is -0.354 e. The van der Waals surface area contributed by atoms with Gasteiger partial charge in [0.05, 0.1) is 5.75 Å². The number of nitrogens with one attached hydrogen (secondary N) is 1. The van der Waals surface area contributed by atoms with Crippen LogP contribution >= 0.6 is 0 Å². The van der Waals surface area contributed by atoms with Gasteiger partial charge in [0.25, 0.3) is 0 Å². The van der Waals surface area contributed by atoms with Gasteiger partial charge in [-0.3, -0.25) is 4.79 Å². The van der Waals surface area contributed by atoms with Gasteiger partial charge in [-0.15, -0.1) is 0 Å². The number of rotatable bonds is 7. The lowest BCUT2D eigenvalue weighted by Crippen LogP contribution is -2.50. The Morgan fingerprint density at radius 1 is 1.13 bits per heavy atom. The van der Waals surface area contributed by atoms with Gasteiger partial charge in [0.1, 0.15) is 4.75 Å². The highest BCUT2D eigenvalue weighted by Crippen LogP contribution is 2.26. The summed E-state index contributed by atoms with van der Waals surface area (Å²) in [5, 5.41) is 2.67. The van der Waals surface area contributed by atoms with Crippen molar-refractivity contribution >= 4 is 15.7 Å². The maximum atomic E-state index is 12.2. The van der Waals surface area contributed by atoms with Gasteiger partial charge in [-0.2, -0.15) is 13.2 Å². The normalized spacial score (nSPS) is 18.0. The molecule has 4 nitrogen and oxygen atoms in total. The van der Waals surface area contributed by atoms with Gasteiger partial charge in [0, 0.05) is 13.0 Å². The first-order chi connectivity index (χ1) is 10.5. The number of halogens is 3. The molecule has 0 aromatic heterocycles. The monoisotopic (exact) mass is 357 g/mol. The number of carbonyl (C=O) groups excluding carboxylic acids is 1. The van der Waals surface area contributed by atoms with Crippen molar-refractivity contribution in [1.82, 2.24) is 5.32 Å². The summed E-state index contributed by atoms with van der Waals surface area (Å²) in [5.74, 6) is -0.914. The Bertz CT molecular complexity index is 495. The van der Waals surface area contributed by atoms with E-state index in [4.69, 9.17) is 0 Å². The molecule has 0 saturated heterocycles. The van der Waals surface area contributed by atoms with Crippen LogP contribution in [0.1, 0.15) is 58.8 Å². The molecule has 1 aliphatic rings. The maximum absolute atomic E-state index is 12.2. The van der Waals surface area contributed by atoms with E-state index in [0.29, 0.717) is 12.5 Å². The molecule has 0 heterocycles. The Kier molecular flexibility index (Phi) is 6.92. The lowest BCUT2D eigenvalue weighted by molar-refractivity contribution is -0.134. The molecular weight excluding hydrogens is 331 g/mol. The second-order valence-electron chi connectivity index (χ2n) is 6.76. The Morgan fingerprint density at radius 2 is 1.70 bits per heavy atom. The van der Waals surface area contributed by atoms with Gasteiger partial charge in [0.2, 0.25) is 5.91 Å². The fraction of sp³-hybridized carbons (Fsp3) is 0.933. The molecule has 23 heavy (non-hydrogen) atoms. The summed E-state index contributed by atoms with van der Waals surface area (Å²) in [7, 11) is -3.95. The number of sulfone groups is 1. The Balaban J connectivity index is 2.54. The number of hydrogen-bond acceptors (Lipinski definition) is 3. The van der Waals surface area contributed by atoms with Crippen molar-refractivity contribution in [3.05, 3.63) is 0 Å². The smallest absolute Gasteiger partial charge is 0.354 e. The third-order valence-electron chi connectivity index (χ3n) is 4.47. The van der Waals surface area contributed by atoms with Crippen LogP contribution in [0.5, 0.6) is 0 Å². The minimum atomic E-state index is -4.39. The van der Waals surface area contributed by atoms with Crippen LogP contribution in [0.25, 0.3) is 0 Å². The summed E-state index contributed by atoms with van der Waals surface area (Å²) >= 11 is 0. The van der Waals surface area contributed by atoms with E-state index >= 15 is 0 Å². The van der Waals surface area contributed by atoms with E-state index in [1.54, 1.807) is 0 Å². The SMILES string of the molecule is CC(C)(C(=O)NCC1CCCCC1)S(=O)(=O)CCCC(F)(F)F. The standard InChI is InChI=1S/C15H26F3NO3S/c1-14(2,23(21,22)10-6-9-15(16,17)18)13(20)19-11-12-7-4-3-5-8-12/h12H,3-11H2,1-2H3,(H,19,20). The van der Waals surface area contributed by atoms with Crippen LogP contribution in [-0.4, -0.2) is 37.5 Å². The first kappa shape index (κ1) is 20.3. The van der Waals surface area contributed by atoms with Crippen molar-refractivity contribution in [3.63, 3.8) is 0 Å². The second-order valence-corrected chi connectivity index (χ2v) is 9.42.